The summed E-state index contributed by atoms with van der Waals surface area (Å²) in [5.41, 5.74) is 0.883. The number of hydrogen-bond acceptors (Lipinski definition) is 4. The van der Waals surface area contributed by atoms with E-state index >= 15 is 0 Å². The second-order valence-electron chi connectivity index (χ2n) is 5.78. The highest BCUT2D eigenvalue weighted by atomic mass is 19.4. The number of aryl methyl sites for hydroxylation is 2. The standard InChI is InChI=1S/C17H18F3N3O3/c1-10-8-11(2)23(22-10)9-15(24)26-12(3)16(25)21-14-6-4-13(5-7-14)17(18,19)20/h4-8,12H,9H2,1-3H3,(H,21,25). The van der Waals surface area contributed by atoms with Gasteiger partial charge < -0.3 is 10.1 Å². The number of nitrogens with zero attached hydrogens (tertiary/aromatic N) is 2. The fourth-order valence-electron chi connectivity index (χ4n) is 2.23. The zero-order chi connectivity index (χ0) is 19.5. The molecule has 140 valence electrons. The summed E-state index contributed by atoms with van der Waals surface area (Å²) in [6.07, 6.45) is -5.56. The third-order valence-corrected chi connectivity index (χ3v) is 3.54. The van der Waals surface area contributed by atoms with Gasteiger partial charge in [-0.1, -0.05) is 0 Å². The van der Waals surface area contributed by atoms with Gasteiger partial charge in [0.25, 0.3) is 5.91 Å². The van der Waals surface area contributed by atoms with E-state index in [2.05, 4.69) is 10.4 Å². The molecule has 2 aromatic rings. The minimum Gasteiger partial charge on any atom is -0.451 e. The van der Waals surface area contributed by atoms with Crippen molar-refractivity contribution in [2.75, 3.05) is 5.32 Å². The molecule has 1 N–H and O–H groups in total. The molecule has 0 aliphatic rings. The summed E-state index contributed by atoms with van der Waals surface area (Å²) < 4.78 is 44.0. The van der Waals surface area contributed by atoms with Crippen LogP contribution >= 0.6 is 0 Å². The van der Waals surface area contributed by atoms with Gasteiger partial charge in [0.05, 0.1) is 11.3 Å². The molecule has 0 aliphatic carbocycles. The normalized spacial score (nSPS) is 12.5. The van der Waals surface area contributed by atoms with Crippen LogP contribution in [0.3, 0.4) is 0 Å². The molecule has 1 atom stereocenters. The van der Waals surface area contributed by atoms with Crippen LogP contribution in [-0.4, -0.2) is 27.8 Å². The van der Waals surface area contributed by atoms with Crippen LogP contribution in [0.15, 0.2) is 30.3 Å². The number of carbonyl (C=O) groups is 2. The van der Waals surface area contributed by atoms with E-state index in [1.165, 1.54) is 11.6 Å². The van der Waals surface area contributed by atoms with Crippen molar-refractivity contribution in [3.05, 3.63) is 47.3 Å². The lowest BCUT2D eigenvalue weighted by atomic mass is 10.2. The first-order valence-electron chi connectivity index (χ1n) is 7.75. The summed E-state index contributed by atoms with van der Waals surface area (Å²) in [7, 11) is 0. The van der Waals surface area contributed by atoms with Crippen LogP contribution in [0.5, 0.6) is 0 Å². The molecule has 0 radical (unpaired) electrons. The van der Waals surface area contributed by atoms with Crippen molar-refractivity contribution in [3.63, 3.8) is 0 Å². The number of carbonyl (C=O) groups excluding carboxylic acids is 2. The van der Waals surface area contributed by atoms with Gasteiger partial charge in [-0.3, -0.25) is 14.3 Å². The second kappa shape index (κ2) is 7.59. The van der Waals surface area contributed by atoms with Gasteiger partial charge in [-0.15, -0.1) is 0 Å². The highest BCUT2D eigenvalue weighted by Gasteiger charge is 2.30. The van der Waals surface area contributed by atoms with Gasteiger partial charge in [0, 0.05) is 11.4 Å². The molecule has 9 heteroatoms. The van der Waals surface area contributed by atoms with Crippen molar-refractivity contribution >= 4 is 17.6 Å². The Morgan fingerprint density at radius 1 is 1.23 bits per heavy atom. The number of nitrogens with one attached hydrogen (secondary N) is 1. The average Bonchev–Trinajstić information content (AvgIpc) is 2.84. The van der Waals surface area contributed by atoms with E-state index in [0.29, 0.717) is 0 Å². The van der Waals surface area contributed by atoms with E-state index in [1.54, 1.807) is 19.9 Å². The van der Waals surface area contributed by atoms with Gasteiger partial charge >= 0.3 is 12.1 Å². The lowest BCUT2D eigenvalue weighted by Crippen LogP contribution is -2.31. The smallest absolute Gasteiger partial charge is 0.416 e. The minimum atomic E-state index is -4.45. The maximum atomic E-state index is 12.5. The SMILES string of the molecule is Cc1cc(C)n(CC(=O)OC(C)C(=O)Nc2ccc(C(F)(F)F)cc2)n1. The lowest BCUT2D eigenvalue weighted by Gasteiger charge is -2.14. The Bertz CT molecular complexity index is 798. The first-order chi connectivity index (χ1) is 12.1. The predicted octanol–water partition coefficient (Wildman–Crippen LogP) is 3.09. The third kappa shape index (κ3) is 5.08. The molecule has 1 aromatic carbocycles. The maximum Gasteiger partial charge on any atom is 0.416 e. The quantitative estimate of drug-likeness (QED) is 0.822. The highest BCUT2D eigenvalue weighted by Crippen LogP contribution is 2.29. The van der Waals surface area contributed by atoms with Crippen LogP contribution in [0.4, 0.5) is 18.9 Å². The molecule has 26 heavy (non-hydrogen) atoms. The molecule has 0 bridgehead atoms. The number of halogens is 3. The summed E-state index contributed by atoms with van der Waals surface area (Å²) in [6, 6.07) is 5.77. The third-order valence-electron chi connectivity index (χ3n) is 3.54. The van der Waals surface area contributed by atoms with E-state index in [4.69, 9.17) is 4.74 Å². The molecular weight excluding hydrogens is 351 g/mol. The Labute approximate surface area is 147 Å². The zero-order valence-electron chi connectivity index (χ0n) is 14.4. The topological polar surface area (TPSA) is 73.2 Å². The van der Waals surface area contributed by atoms with E-state index in [1.807, 2.05) is 0 Å². The van der Waals surface area contributed by atoms with Gasteiger partial charge in [-0.25, -0.2) is 0 Å². The van der Waals surface area contributed by atoms with Crippen molar-refractivity contribution in [1.82, 2.24) is 9.78 Å². The van der Waals surface area contributed by atoms with Crippen molar-refractivity contribution in [1.29, 1.82) is 0 Å². The number of amides is 1. The molecule has 0 saturated heterocycles. The molecular formula is C17H18F3N3O3. The summed E-state index contributed by atoms with van der Waals surface area (Å²) in [6.45, 7) is 4.80. The fourth-order valence-corrected chi connectivity index (χ4v) is 2.23. The number of hydrogen-bond donors (Lipinski definition) is 1. The number of rotatable bonds is 5. The van der Waals surface area contributed by atoms with Crippen LogP contribution in [-0.2, 0) is 27.0 Å². The minimum absolute atomic E-state index is 0.141. The first-order valence-corrected chi connectivity index (χ1v) is 7.75. The second-order valence-corrected chi connectivity index (χ2v) is 5.78. The predicted molar refractivity (Wildman–Crippen MR) is 87.3 cm³/mol. The van der Waals surface area contributed by atoms with Crippen molar-refractivity contribution in [3.8, 4) is 0 Å². The van der Waals surface area contributed by atoms with Crippen LogP contribution in [0.1, 0.15) is 23.9 Å². The molecule has 1 unspecified atom stereocenters. The molecule has 0 fully saturated rings. The fraction of sp³-hybridized carbons (Fsp3) is 0.353. The average molecular weight is 369 g/mol. The van der Waals surface area contributed by atoms with Crippen molar-refractivity contribution < 1.29 is 27.5 Å². The number of aromatic nitrogens is 2. The molecule has 1 amide bonds. The monoisotopic (exact) mass is 369 g/mol. The van der Waals surface area contributed by atoms with Gasteiger partial charge in [0.15, 0.2) is 6.10 Å². The number of esters is 1. The van der Waals surface area contributed by atoms with Gasteiger partial charge in [0.2, 0.25) is 0 Å². The van der Waals surface area contributed by atoms with E-state index in [-0.39, 0.29) is 12.2 Å². The summed E-state index contributed by atoms with van der Waals surface area (Å²) >= 11 is 0. The van der Waals surface area contributed by atoms with E-state index in [0.717, 1.165) is 35.7 Å². The summed E-state index contributed by atoms with van der Waals surface area (Å²) in [5.74, 6) is -1.29. The van der Waals surface area contributed by atoms with E-state index < -0.39 is 29.7 Å². The van der Waals surface area contributed by atoms with Crippen LogP contribution in [0.2, 0.25) is 0 Å². The van der Waals surface area contributed by atoms with Crippen molar-refractivity contribution in [2.24, 2.45) is 0 Å². The van der Waals surface area contributed by atoms with Crippen molar-refractivity contribution in [2.45, 2.75) is 39.6 Å². The zero-order valence-corrected chi connectivity index (χ0v) is 14.4. The Hall–Kier alpha value is -2.84. The largest absolute Gasteiger partial charge is 0.451 e. The maximum absolute atomic E-state index is 12.5. The molecule has 0 spiro atoms. The van der Waals surface area contributed by atoms with Crippen LogP contribution < -0.4 is 5.32 Å². The molecule has 6 nitrogen and oxygen atoms in total. The molecule has 0 saturated carbocycles. The van der Waals surface area contributed by atoms with E-state index in [9.17, 15) is 22.8 Å². The Balaban J connectivity index is 1.90. The molecule has 1 aromatic heterocycles. The van der Waals surface area contributed by atoms with Gasteiger partial charge in [-0.2, -0.15) is 18.3 Å². The Morgan fingerprint density at radius 3 is 2.35 bits per heavy atom. The van der Waals surface area contributed by atoms with Gasteiger partial charge in [0.1, 0.15) is 6.54 Å². The van der Waals surface area contributed by atoms with Crippen LogP contribution in [0.25, 0.3) is 0 Å². The van der Waals surface area contributed by atoms with Crippen LogP contribution in [0, 0.1) is 13.8 Å². The summed E-state index contributed by atoms with van der Waals surface area (Å²) in [4.78, 5) is 23.9. The molecule has 0 aliphatic heterocycles. The number of benzene rings is 1. The highest BCUT2D eigenvalue weighted by molar-refractivity contribution is 5.95. The number of anilines is 1. The Morgan fingerprint density at radius 2 is 1.85 bits per heavy atom. The van der Waals surface area contributed by atoms with Gasteiger partial charge in [-0.05, 0) is 51.1 Å². The first kappa shape index (κ1) is 19.5. The number of alkyl halides is 3. The lowest BCUT2D eigenvalue weighted by molar-refractivity contribution is -0.154. The number of ether oxygens (including phenoxy) is 1. The molecule has 2 rings (SSSR count). The summed E-state index contributed by atoms with van der Waals surface area (Å²) in [5, 5.41) is 6.52. The molecule has 1 heterocycles. The Kier molecular flexibility index (Phi) is 5.69.